The minimum atomic E-state index is -0.307. The normalized spacial score (nSPS) is 39.1. The Balaban J connectivity index is 1.26. The molecule has 31 heavy (non-hydrogen) atoms. The predicted molar refractivity (Wildman–Crippen MR) is 118 cm³/mol. The van der Waals surface area contributed by atoms with Gasteiger partial charge < -0.3 is 15.1 Å². The molecule has 2 heterocycles. The molecule has 2 atom stereocenters. The van der Waals surface area contributed by atoms with Crippen molar-refractivity contribution in [3.05, 3.63) is 0 Å². The molecule has 2 saturated heterocycles. The van der Waals surface area contributed by atoms with Crippen molar-refractivity contribution < 1.29 is 14.4 Å². The number of nitrogens with one attached hydrogen (secondary N) is 1. The first-order valence-electron chi connectivity index (χ1n) is 12.9. The summed E-state index contributed by atoms with van der Waals surface area (Å²) in [5.74, 6) is 2.54. The second-order valence-corrected chi connectivity index (χ2v) is 11.3. The van der Waals surface area contributed by atoms with Gasteiger partial charge in [0, 0.05) is 26.2 Å². The van der Waals surface area contributed by atoms with Gasteiger partial charge in [-0.2, -0.15) is 0 Å². The lowest BCUT2D eigenvalue weighted by Gasteiger charge is -2.56. The van der Waals surface area contributed by atoms with Crippen LogP contribution in [0.25, 0.3) is 0 Å². The first-order valence-corrected chi connectivity index (χ1v) is 12.9. The molecule has 4 aliphatic carbocycles. The second-order valence-electron chi connectivity index (χ2n) is 11.3. The Bertz CT molecular complexity index is 700. The highest BCUT2D eigenvalue weighted by atomic mass is 16.2. The number of rotatable bonds is 5. The Morgan fingerprint density at radius 3 is 2.23 bits per heavy atom. The van der Waals surface area contributed by atoms with Crippen LogP contribution in [0, 0.1) is 29.1 Å². The Morgan fingerprint density at radius 1 is 0.935 bits per heavy atom. The van der Waals surface area contributed by atoms with Crippen molar-refractivity contribution in [1.82, 2.24) is 15.1 Å². The zero-order valence-corrected chi connectivity index (χ0v) is 19.1. The van der Waals surface area contributed by atoms with Crippen LogP contribution < -0.4 is 5.32 Å². The lowest BCUT2D eigenvalue weighted by atomic mass is 9.49. The number of nitrogens with zero attached hydrogens (tertiary/aromatic N) is 2. The average Bonchev–Trinajstić information content (AvgIpc) is 3.25. The van der Waals surface area contributed by atoms with Crippen molar-refractivity contribution in [2.45, 2.75) is 83.6 Å². The average molecular weight is 430 g/mol. The van der Waals surface area contributed by atoms with E-state index in [0.717, 1.165) is 75.7 Å². The number of hydrogen-bond acceptors (Lipinski definition) is 3. The summed E-state index contributed by atoms with van der Waals surface area (Å²) in [6.07, 6.45) is 11.5. The number of amides is 3. The molecule has 0 spiro atoms. The molecule has 3 amide bonds. The molecular formula is C25H39N3O3. The Hall–Kier alpha value is -1.59. The Morgan fingerprint density at radius 2 is 1.58 bits per heavy atom. The van der Waals surface area contributed by atoms with E-state index in [1.807, 2.05) is 16.7 Å². The van der Waals surface area contributed by atoms with Crippen molar-refractivity contribution in [3.8, 4) is 0 Å². The van der Waals surface area contributed by atoms with Gasteiger partial charge in [-0.3, -0.25) is 14.4 Å². The highest BCUT2D eigenvalue weighted by Gasteiger charge is 2.57. The van der Waals surface area contributed by atoms with Gasteiger partial charge in [0.25, 0.3) is 0 Å². The summed E-state index contributed by atoms with van der Waals surface area (Å²) in [5, 5.41) is 2.99. The van der Waals surface area contributed by atoms with Crippen LogP contribution in [-0.2, 0) is 14.4 Å². The molecule has 0 radical (unpaired) electrons. The zero-order valence-electron chi connectivity index (χ0n) is 19.1. The molecule has 0 aromatic rings. The van der Waals surface area contributed by atoms with Crippen molar-refractivity contribution in [2.24, 2.45) is 29.1 Å². The number of carbonyl (C=O) groups is 3. The van der Waals surface area contributed by atoms with Gasteiger partial charge in [-0.1, -0.05) is 6.92 Å². The highest BCUT2D eigenvalue weighted by molar-refractivity contribution is 5.91. The first-order chi connectivity index (χ1) is 15.0. The van der Waals surface area contributed by atoms with E-state index in [4.69, 9.17) is 0 Å². The summed E-state index contributed by atoms with van der Waals surface area (Å²) < 4.78 is 0. The lowest BCUT2D eigenvalue weighted by Crippen LogP contribution is -2.58. The van der Waals surface area contributed by atoms with E-state index in [2.05, 4.69) is 5.32 Å². The van der Waals surface area contributed by atoms with E-state index in [9.17, 15) is 14.4 Å². The number of likely N-dealkylation sites (tertiary alicyclic amines) is 2. The van der Waals surface area contributed by atoms with Gasteiger partial charge in [-0.15, -0.1) is 0 Å². The minimum Gasteiger partial charge on any atom is -0.356 e. The number of piperidine rings is 1. The van der Waals surface area contributed by atoms with Crippen molar-refractivity contribution in [1.29, 1.82) is 0 Å². The summed E-state index contributed by atoms with van der Waals surface area (Å²) in [6.45, 7) is 4.69. The van der Waals surface area contributed by atoms with Crippen LogP contribution in [0.3, 0.4) is 0 Å². The Kier molecular flexibility index (Phi) is 5.76. The molecule has 6 heteroatoms. The highest BCUT2D eigenvalue weighted by Crippen LogP contribution is 2.60. The number of carbonyl (C=O) groups excluding carboxylic acids is 3. The smallest absolute Gasteiger partial charge is 0.245 e. The molecule has 4 bridgehead atoms. The van der Waals surface area contributed by atoms with Gasteiger partial charge in [-0.25, -0.2) is 0 Å². The predicted octanol–water partition coefficient (Wildman–Crippen LogP) is 2.96. The zero-order chi connectivity index (χ0) is 21.6. The molecule has 1 N–H and O–H groups in total. The minimum absolute atomic E-state index is 0.0762. The van der Waals surface area contributed by atoms with Crippen molar-refractivity contribution in [2.75, 3.05) is 26.2 Å². The van der Waals surface area contributed by atoms with Gasteiger partial charge in [0.15, 0.2) is 0 Å². The van der Waals surface area contributed by atoms with Gasteiger partial charge >= 0.3 is 0 Å². The van der Waals surface area contributed by atoms with Crippen molar-refractivity contribution >= 4 is 17.7 Å². The standard InChI is InChI=1S/C25H39N3O3/c1-2-7-26-22(29)20-5-3-8-27(16-20)23(30)21-6-4-9-28(21)24(31)25-13-17-10-18(14-25)12-19(11-17)15-25/h17-21H,2-16H2,1H3,(H,26,29). The summed E-state index contributed by atoms with van der Waals surface area (Å²) in [5.41, 5.74) is -0.178. The molecule has 4 saturated carbocycles. The third kappa shape index (κ3) is 3.89. The van der Waals surface area contributed by atoms with Gasteiger partial charge in [-0.05, 0) is 88.4 Å². The lowest BCUT2D eigenvalue weighted by molar-refractivity contribution is -0.162. The second kappa shape index (κ2) is 8.40. The molecule has 6 aliphatic rings. The molecule has 6 fully saturated rings. The molecule has 2 unspecified atom stereocenters. The van der Waals surface area contributed by atoms with Crippen LogP contribution >= 0.6 is 0 Å². The first kappa shape index (κ1) is 21.3. The SMILES string of the molecule is CCCNC(=O)C1CCCN(C(=O)C2CCCN2C(=O)C23CC4CC(CC(C4)C2)C3)C1. The molecule has 0 aromatic carbocycles. The Labute approximate surface area is 186 Å². The molecule has 172 valence electrons. The fourth-order valence-electron chi connectivity index (χ4n) is 7.94. The maximum Gasteiger partial charge on any atom is 0.245 e. The van der Waals surface area contributed by atoms with Crippen LogP contribution in [0.4, 0.5) is 0 Å². The monoisotopic (exact) mass is 429 g/mol. The van der Waals surface area contributed by atoms with Gasteiger partial charge in [0.1, 0.15) is 6.04 Å². The van der Waals surface area contributed by atoms with Crippen LogP contribution in [-0.4, -0.2) is 59.7 Å². The van der Waals surface area contributed by atoms with E-state index in [0.29, 0.717) is 19.6 Å². The largest absolute Gasteiger partial charge is 0.356 e. The van der Waals surface area contributed by atoms with Crippen LogP contribution in [0.5, 0.6) is 0 Å². The maximum atomic E-state index is 13.9. The fourth-order valence-corrected chi connectivity index (χ4v) is 7.94. The molecule has 0 aromatic heterocycles. The van der Waals surface area contributed by atoms with E-state index in [1.54, 1.807) is 0 Å². The third-order valence-electron chi connectivity index (χ3n) is 8.94. The molecule has 2 aliphatic heterocycles. The van der Waals surface area contributed by atoms with Crippen LogP contribution in [0.2, 0.25) is 0 Å². The summed E-state index contributed by atoms with van der Waals surface area (Å²) in [7, 11) is 0. The van der Waals surface area contributed by atoms with Gasteiger partial charge in [0.05, 0.1) is 11.3 Å². The van der Waals surface area contributed by atoms with E-state index in [-0.39, 0.29) is 35.1 Å². The summed E-state index contributed by atoms with van der Waals surface area (Å²) >= 11 is 0. The molecule has 6 nitrogen and oxygen atoms in total. The van der Waals surface area contributed by atoms with Crippen molar-refractivity contribution in [3.63, 3.8) is 0 Å². The van der Waals surface area contributed by atoms with Gasteiger partial charge in [0.2, 0.25) is 17.7 Å². The van der Waals surface area contributed by atoms with Crippen LogP contribution in [0.15, 0.2) is 0 Å². The quantitative estimate of drug-likeness (QED) is 0.730. The maximum absolute atomic E-state index is 13.9. The van der Waals surface area contributed by atoms with Crippen LogP contribution in [0.1, 0.15) is 77.6 Å². The summed E-state index contributed by atoms with van der Waals surface area (Å²) in [4.78, 5) is 43.7. The number of hydrogen-bond donors (Lipinski definition) is 1. The van der Waals surface area contributed by atoms with E-state index >= 15 is 0 Å². The molecule has 6 rings (SSSR count). The third-order valence-corrected chi connectivity index (χ3v) is 8.94. The topological polar surface area (TPSA) is 69.7 Å². The molecular weight excluding hydrogens is 390 g/mol. The fraction of sp³-hybridized carbons (Fsp3) is 0.880. The van der Waals surface area contributed by atoms with E-state index in [1.165, 1.54) is 19.3 Å². The summed E-state index contributed by atoms with van der Waals surface area (Å²) in [6, 6.07) is -0.307. The van der Waals surface area contributed by atoms with E-state index < -0.39 is 0 Å².